The summed E-state index contributed by atoms with van der Waals surface area (Å²) < 4.78 is 5.25. The number of nitrogens with one attached hydrogen (secondary N) is 2. The Morgan fingerprint density at radius 1 is 1.27 bits per heavy atom. The number of rotatable bonds is 4. The van der Waals surface area contributed by atoms with Gasteiger partial charge in [-0.2, -0.15) is 5.10 Å². The Morgan fingerprint density at radius 3 is 2.96 bits per heavy atom. The number of carbonyl (C=O) groups excluding carboxylic acids is 1. The van der Waals surface area contributed by atoms with E-state index < -0.39 is 0 Å². The lowest BCUT2D eigenvalue weighted by Crippen LogP contribution is -2.44. The van der Waals surface area contributed by atoms with E-state index in [1.165, 1.54) is 0 Å². The minimum Gasteiger partial charge on any atom is -0.467 e. The van der Waals surface area contributed by atoms with Crippen LogP contribution in [0.4, 0.5) is 4.79 Å². The molecule has 0 saturated carbocycles. The molecule has 1 atom stereocenters. The Bertz CT molecular complexity index is 844. The van der Waals surface area contributed by atoms with Gasteiger partial charge in [0.25, 0.3) is 0 Å². The van der Waals surface area contributed by atoms with Crippen LogP contribution in [0.5, 0.6) is 0 Å². The highest BCUT2D eigenvalue weighted by Crippen LogP contribution is 2.26. The van der Waals surface area contributed by atoms with Gasteiger partial charge < -0.3 is 14.6 Å². The van der Waals surface area contributed by atoms with Gasteiger partial charge in [-0.05, 0) is 25.0 Å². The van der Waals surface area contributed by atoms with Crippen molar-refractivity contribution >= 4 is 6.03 Å². The van der Waals surface area contributed by atoms with E-state index in [1.54, 1.807) is 6.26 Å². The molecule has 1 aliphatic rings. The molecule has 0 unspecified atom stereocenters. The normalized spacial score (nSPS) is 17.2. The van der Waals surface area contributed by atoms with Gasteiger partial charge in [0.05, 0.1) is 12.8 Å². The largest absolute Gasteiger partial charge is 0.467 e. The number of hydrogen-bond donors (Lipinski definition) is 2. The molecule has 1 fully saturated rings. The van der Waals surface area contributed by atoms with Crippen molar-refractivity contribution in [3.8, 4) is 11.4 Å². The monoisotopic (exact) mass is 351 g/mol. The first-order valence-corrected chi connectivity index (χ1v) is 8.82. The lowest BCUT2D eigenvalue weighted by molar-refractivity contribution is 0.177. The van der Waals surface area contributed by atoms with Gasteiger partial charge in [-0.15, -0.1) is 0 Å². The Morgan fingerprint density at radius 2 is 2.15 bits per heavy atom. The molecule has 2 amide bonds. The van der Waals surface area contributed by atoms with E-state index >= 15 is 0 Å². The fourth-order valence-electron chi connectivity index (χ4n) is 3.25. The molecule has 1 saturated heterocycles. The minimum absolute atomic E-state index is 0.0751. The van der Waals surface area contributed by atoms with Gasteiger partial charge in [-0.1, -0.05) is 30.3 Å². The van der Waals surface area contributed by atoms with Crippen LogP contribution >= 0.6 is 0 Å². The van der Waals surface area contributed by atoms with E-state index in [-0.39, 0.29) is 11.9 Å². The highest BCUT2D eigenvalue weighted by Gasteiger charge is 2.27. The zero-order valence-corrected chi connectivity index (χ0v) is 14.4. The van der Waals surface area contributed by atoms with Crippen LogP contribution in [-0.4, -0.2) is 39.2 Å². The average molecular weight is 351 g/mol. The van der Waals surface area contributed by atoms with Crippen LogP contribution in [0.15, 0.2) is 53.1 Å². The Balaban J connectivity index is 1.39. The van der Waals surface area contributed by atoms with Crippen LogP contribution in [0.2, 0.25) is 0 Å². The van der Waals surface area contributed by atoms with Crippen molar-refractivity contribution in [2.24, 2.45) is 0 Å². The molecule has 1 aliphatic heterocycles. The highest BCUT2D eigenvalue weighted by molar-refractivity contribution is 5.74. The summed E-state index contributed by atoms with van der Waals surface area (Å²) in [4.78, 5) is 18.9. The van der Waals surface area contributed by atoms with E-state index in [0.29, 0.717) is 18.9 Å². The fraction of sp³-hybridized carbons (Fsp3) is 0.316. The molecule has 2 aromatic heterocycles. The van der Waals surface area contributed by atoms with Crippen molar-refractivity contribution < 1.29 is 9.21 Å². The highest BCUT2D eigenvalue weighted by atomic mass is 16.3. The topological polar surface area (TPSA) is 87.1 Å². The number of nitrogens with zero attached hydrogens (tertiary/aromatic N) is 3. The first-order chi connectivity index (χ1) is 12.8. The summed E-state index contributed by atoms with van der Waals surface area (Å²) in [5.74, 6) is 2.45. The second kappa shape index (κ2) is 7.43. The second-order valence-electron chi connectivity index (χ2n) is 6.43. The number of hydrogen-bond acceptors (Lipinski definition) is 4. The number of amides is 2. The lowest BCUT2D eigenvalue weighted by Gasteiger charge is -2.31. The molecule has 1 aromatic carbocycles. The summed E-state index contributed by atoms with van der Waals surface area (Å²) in [6.45, 7) is 1.78. The maximum atomic E-state index is 12.4. The number of urea groups is 1. The van der Waals surface area contributed by atoms with E-state index in [9.17, 15) is 4.79 Å². The number of furan rings is 1. The van der Waals surface area contributed by atoms with Gasteiger partial charge in [0.2, 0.25) is 0 Å². The van der Waals surface area contributed by atoms with Gasteiger partial charge in [0.1, 0.15) is 11.6 Å². The summed E-state index contributed by atoms with van der Waals surface area (Å²) in [5, 5.41) is 10.3. The van der Waals surface area contributed by atoms with Crippen molar-refractivity contribution in [1.82, 2.24) is 25.4 Å². The molecule has 0 radical (unpaired) electrons. The van der Waals surface area contributed by atoms with Gasteiger partial charge in [-0.25, -0.2) is 9.78 Å². The van der Waals surface area contributed by atoms with Crippen LogP contribution in [0.25, 0.3) is 11.4 Å². The first-order valence-electron chi connectivity index (χ1n) is 8.82. The first kappa shape index (κ1) is 16.4. The van der Waals surface area contributed by atoms with E-state index in [4.69, 9.17) is 4.42 Å². The second-order valence-corrected chi connectivity index (χ2v) is 6.43. The summed E-state index contributed by atoms with van der Waals surface area (Å²) >= 11 is 0. The lowest BCUT2D eigenvalue weighted by atomic mass is 9.97. The number of aromatic amines is 1. The molecule has 3 heterocycles. The third-order valence-corrected chi connectivity index (χ3v) is 4.62. The molecule has 134 valence electrons. The summed E-state index contributed by atoms with van der Waals surface area (Å²) in [5.41, 5.74) is 0.985. The van der Waals surface area contributed by atoms with Gasteiger partial charge in [-0.3, -0.25) is 5.10 Å². The molecular formula is C19H21N5O2. The van der Waals surface area contributed by atoms with Crippen LogP contribution in [-0.2, 0) is 6.54 Å². The molecular weight excluding hydrogens is 330 g/mol. The molecule has 26 heavy (non-hydrogen) atoms. The number of likely N-dealkylation sites (tertiary alicyclic amines) is 1. The third kappa shape index (κ3) is 3.61. The molecule has 3 aromatic rings. The SMILES string of the molecule is O=C(NCc1ccco1)N1CCC[C@@H](c2nc(-c3ccccc3)n[nH]2)C1. The molecule has 0 spiro atoms. The fourth-order valence-corrected chi connectivity index (χ4v) is 3.25. The molecule has 0 bridgehead atoms. The van der Waals surface area contributed by atoms with Gasteiger partial charge >= 0.3 is 6.03 Å². The molecule has 7 heteroatoms. The van der Waals surface area contributed by atoms with Crippen LogP contribution in [0.3, 0.4) is 0 Å². The molecule has 7 nitrogen and oxygen atoms in total. The zero-order valence-electron chi connectivity index (χ0n) is 14.4. The summed E-state index contributed by atoms with van der Waals surface area (Å²) in [6.07, 6.45) is 3.54. The number of piperidine rings is 1. The number of aromatic nitrogens is 3. The number of H-pyrrole nitrogens is 1. The maximum absolute atomic E-state index is 12.4. The van der Waals surface area contributed by atoms with E-state index in [0.717, 1.165) is 36.5 Å². The van der Waals surface area contributed by atoms with Crippen molar-refractivity contribution in [2.75, 3.05) is 13.1 Å². The quantitative estimate of drug-likeness (QED) is 0.756. The minimum atomic E-state index is -0.0751. The molecule has 4 rings (SSSR count). The third-order valence-electron chi connectivity index (χ3n) is 4.62. The Kier molecular flexibility index (Phi) is 4.68. The smallest absolute Gasteiger partial charge is 0.317 e. The Hall–Kier alpha value is -3.09. The number of benzene rings is 1. The van der Waals surface area contributed by atoms with Gasteiger partial charge in [0, 0.05) is 24.6 Å². The van der Waals surface area contributed by atoms with Crippen molar-refractivity contribution in [3.63, 3.8) is 0 Å². The standard InChI is InChI=1S/C19H21N5O2/c25-19(20-12-16-9-5-11-26-16)24-10-4-8-15(13-24)18-21-17(22-23-18)14-6-2-1-3-7-14/h1-3,5-7,9,11,15H,4,8,10,12-13H2,(H,20,25)(H,21,22,23)/t15-/m1/s1. The predicted molar refractivity (Wildman–Crippen MR) is 96.3 cm³/mol. The van der Waals surface area contributed by atoms with Crippen molar-refractivity contribution in [1.29, 1.82) is 0 Å². The van der Waals surface area contributed by atoms with Crippen molar-refractivity contribution in [2.45, 2.75) is 25.3 Å². The summed E-state index contributed by atoms with van der Waals surface area (Å²) in [7, 11) is 0. The van der Waals surface area contributed by atoms with Crippen LogP contribution < -0.4 is 5.32 Å². The predicted octanol–water partition coefficient (Wildman–Crippen LogP) is 3.15. The van der Waals surface area contributed by atoms with Crippen molar-refractivity contribution in [3.05, 3.63) is 60.3 Å². The Labute approximate surface area is 151 Å². The summed E-state index contributed by atoms with van der Waals surface area (Å²) in [6, 6.07) is 13.5. The number of carbonyl (C=O) groups is 1. The van der Waals surface area contributed by atoms with Gasteiger partial charge in [0.15, 0.2) is 5.82 Å². The average Bonchev–Trinajstić information content (AvgIpc) is 3.39. The van der Waals surface area contributed by atoms with E-state index in [2.05, 4.69) is 20.5 Å². The molecule has 0 aliphatic carbocycles. The maximum Gasteiger partial charge on any atom is 0.317 e. The zero-order chi connectivity index (χ0) is 17.8. The van der Waals surface area contributed by atoms with Crippen LogP contribution in [0, 0.1) is 0 Å². The van der Waals surface area contributed by atoms with Crippen LogP contribution in [0.1, 0.15) is 30.3 Å². The molecule has 2 N–H and O–H groups in total. The van der Waals surface area contributed by atoms with E-state index in [1.807, 2.05) is 47.4 Å².